The van der Waals surface area contributed by atoms with Gasteiger partial charge in [-0.1, -0.05) is 12.1 Å². The summed E-state index contributed by atoms with van der Waals surface area (Å²) in [4.78, 5) is 15.8. The number of benzene rings is 1. The van der Waals surface area contributed by atoms with Crippen molar-refractivity contribution in [2.45, 2.75) is 52.6 Å². The minimum atomic E-state index is -2.49. The molecular weight excluding hydrogens is 350 g/mol. The van der Waals surface area contributed by atoms with Gasteiger partial charge in [0.2, 0.25) is 5.91 Å². The van der Waals surface area contributed by atoms with Crippen molar-refractivity contribution in [2.24, 2.45) is 0 Å². The SMILES string of the molecule is CCn1nc(N2CCCc3ccc(C(F)F)cc32)c2c1CCN(C(C)=O)C2. The summed E-state index contributed by atoms with van der Waals surface area (Å²) in [6.07, 6.45) is 0.110. The Hall–Kier alpha value is -2.44. The molecule has 0 spiro atoms. The summed E-state index contributed by atoms with van der Waals surface area (Å²) >= 11 is 0. The number of alkyl halides is 2. The Morgan fingerprint density at radius 1 is 1.26 bits per heavy atom. The maximum Gasteiger partial charge on any atom is 0.263 e. The molecule has 7 heteroatoms. The molecule has 4 rings (SSSR count). The molecule has 27 heavy (non-hydrogen) atoms. The van der Waals surface area contributed by atoms with Gasteiger partial charge >= 0.3 is 0 Å². The van der Waals surface area contributed by atoms with Crippen LogP contribution in [0.5, 0.6) is 0 Å². The first-order valence-electron chi connectivity index (χ1n) is 9.52. The average molecular weight is 374 g/mol. The summed E-state index contributed by atoms with van der Waals surface area (Å²) in [5.74, 6) is 0.861. The van der Waals surface area contributed by atoms with Crippen LogP contribution in [0.15, 0.2) is 18.2 Å². The molecule has 5 nitrogen and oxygen atoms in total. The van der Waals surface area contributed by atoms with Crippen molar-refractivity contribution < 1.29 is 13.6 Å². The van der Waals surface area contributed by atoms with E-state index in [1.807, 2.05) is 22.6 Å². The van der Waals surface area contributed by atoms with E-state index in [-0.39, 0.29) is 11.5 Å². The van der Waals surface area contributed by atoms with E-state index in [1.165, 1.54) is 6.07 Å². The van der Waals surface area contributed by atoms with Crippen molar-refractivity contribution in [3.63, 3.8) is 0 Å². The van der Waals surface area contributed by atoms with E-state index in [2.05, 4.69) is 4.90 Å². The molecule has 0 N–H and O–H groups in total. The molecule has 0 bridgehead atoms. The molecule has 0 atom stereocenters. The van der Waals surface area contributed by atoms with E-state index in [4.69, 9.17) is 5.10 Å². The molecule has 144 valence electrons. The highest BCUT2D eigenvalue weighted by Gasteiger charge is 2.31. The van der Waals surface area contributed by atoms with Crippen molar-refractivity contribution in [3.8, 4) is 0 Å². The third-order valence-electron chi connectivity index (χ3n) is 5.59. The molecule has 0 fully saturated rings. The summed E-state index contributed by atoms with van der Waals surface area (Å²) in [7, 11) is 0. The monoisotopic (exact) mass is 374 g/mol. The molecule has 0 radical (unpaired) electrons. The highest BCUT2D eigenvalue weighted by Crippen LogP contribution is 2.39. The minimum Gasteiger partial charge on any atom is -0.338 e. The molecular formula is C20H24F2N4O. The summed E-state index contributed by atoms with van der Waals surface area (Å²) < 4.78 is 28.5. The molecule has 0 saturated carbocycles. The van der Waals surface area contributed by atoms with Crippen LogP contribution < -0.4 is 4.90 Å². The molecule has 2 aliphatic heterocycles. The lowest BCUT2D eigenvalue weighted by Crippen LogP contribution is -2.35. The Morgan fingerprint density at radius 3 is 2.78 bits per heavy atom. The number of rotatable bonds is 3. The Balaban J connectivity index is 1.80. The Morgan fingerprint density at radius 2 is 2.07 bits per heavy atom. The summed E-state index contributed by atoms with van der Waals surface area (Å²) in [6, 6.07) is 4.93. The first-order valence-corrected chi connectivity index (χ1v) is 9.52. The summed E-state index contributed by atoms with van der Waals surface area (Å²) in [5, 5.41) is 4.82. The zero-order chi connectivity index (χ0) is 19.1. The second-order valence-electron chi connectivity index (χ2n) is 7.20. The van der Waals surface area contributed by atoms with Gasteiger partial charge in [0.15, 0.2) is 5.82 Å². The normalized spacial score (nSPS) is 16.5. The number of hydrogen-bond acceptors (Lipinski definition) is 3. The lowest BCUT2D eigenvalue weighted by molar-refractivity contribution is -0.129. The molecule has 1 aromatic heterocycles. The van der Waals surface area contributed by atoms with E-state index in [0.717, 1.165) is 60.7 Å². The van der Waals surface area contributed by atoms with Crippen LogP contribution in [0.3, 0.4) is 0 Å². The minimum absolute atomic E-state index is 0.0369. The molecule has 3 heterocycles. The molecule has 0 aliphatic carbocycles. The predicted molar refractivity (Wildman–Crippen MR) is 99.4 cm³/mol. The van der Waals surface area contributed by atoms with Crippen LogP contribution in [-0.4, -0.2) is 33.7 Å². The second-order valence-corrected chi connectivity index (χ2v) is 7.20. The van der Waals surface area contributed by atoms with E-state index in [0.29, 0.717) is 13.1 Å². The van der Waals surface area contributed by atoms with Gasteiger partial charge in [-0.2, -0.15) is 5.10 Å². The van der Waals surface area contributed by atoms with E-state index < -0.39 is 6.43 Å². The standard InChI is InChI=1S/C20H24F2N4O/c1-3-26-17-8-10-24(13(2)27)12-16(17)20(23-26)25-9-4-5-14-6-7-15(19(21)22)11-18(14)25/h6-7,11,19H,3-5,8-10,12H2,1-2H3. The number of hydrogen-bond donors (Lipinski definition) is 0. The number of amides is 1. The van der Waals surface area contributed by atoms with Gasteiger partial charge in [0.1, 0.15) is 0 Å². The maximum atomic E-state index is 13.3. The molecule has 1 aromatic carbocycles. The zero-order valence-corrected chi connectivity index (χ0v) is 15.7. The van der Waals surface area contributed by atoms with E-state index in [1.54, 1.807) is 13.0 Å². The number of aromatic nitrogens is 2. The number of fused-ring (bicyclic) bond motifs is 2. The highest BCUT2D eigenvalue weighted by molar-refractivity contribution is 5.75. The van der Waals surface area contributed by atoms with Crippen molar-refractivity contribution in [1.82, 2.24) is 14.7 Å². The van der Waals surface area contributed by atoms with Crippen LogP contribution in [0.1, 0.15) is 49.1 Å². The fraction of sp³-hybridized carbons (Fsp3) is 0.500. The first kappa shape index (κ1) is 17.9. The molecule has 2 aliphatic rings. The van der Waals surface area contributed by atoms with Crippen molar-refractivity contribution in [2.75, 3.05) is 18.0 Å². The van der Waals surface area contributed by atoms with Crippen LogP contribution in [0.25, 0.3) is 0 Å². The van der Waals surface area contributed by atoms with Gasteiger partial charge in [-0.05, 0) is 31.4 Å². The van der Waals surface area contributed by atoms with Gasteiger partial charge < -0.3 is 9.80 Å². The van der Waals surface area contributed by atoms with Gasteiger partial charge in [-0.15, -0.1) is 0 Å². The highest BCUT2D eigenvalue weighted by atomic mass is 19.3. The number of nitrogens with zero attached hydrogens (tertiary/aromatic N) is 4. The van der Waals surface area contributed by atoms with Crippen molar-refractivity contribution >= 4 is 17.4 Å². The smallest absolute Gasteiger partial charge is 0.263 e. The van der Waals surface area contributed by atoms with Gasteiger partial charge in [0.05, 0.1) is 6.54 Å². The van der Waals surface area contributed by atoms with Crippen LogP contribution >= 0.6 is 0 Å². The third kappa shape index (κ3) is 3.09. The van der Waals surface area contributed by atoms with Crippen LogP contribution in [0, 0.1) is 0 Å². The van der Waals surface area contributed by atoms with Crippen LogP contribution in [0.2, 0.25) is 0 Å². The van der Waals surface area contributed by atoms with Crippen LogP contribution in [0.4, 0.5) is 20.3 Å². The topological polar surface area (TPSA) is 41.4 Å². The number of aryl methyl sites for hydroxylation is 2. The fourth-order valence-electron chi connectivity index (χ4n) is 4.17. The number of carbonyl (C=O) groups excluding carboxylic acids is 1. The largest absolute Gasteiger partial charge is 0.338 e. The van der Waals surface area contributed by atoms with E-state index >= 15 is 0 Å². The van der Waals surface area contributed by atoms with Crippen molar-refractivity contribution in [3.05, 3.63) is 40.6 Å². The zero-order valence-electron chi connectivity index (χ0n) is 15.7. The second kappa shape index (κ2) is 6.94. The lowest BCUT2D eigenvalue weighted by Gasteiger charge is -2.32. The van der Waals surface area contributed by atoms with Crippen molar-refractivity contribution in [1.29, 1.82) is 0 Å². The molecule has 0 unspecified atom stereocenters. The maximum absolute atomic E-state index is 13.3. The third-order valence-corrected chi connectivity index (χ3v) is 5.59. The fourth-order valence-corrected chi connectivity index (χ4v) is 4.17. The summed E-state index contributed by atoms with van der Waals surface area (Å²) in [6.45, 7) is 6.35. The van der Waals surface area contributed by atoms with E-state index in [9.17, 15) is 13.6 Å². The van der Waals surface area contributed by atoms with Gasteiger partial charge in [-0.25, -0.2) is 8.78 Å². The number of halogens is 2. The Kier molecular flexibility index (Phi) is 4.61. The van der Waals surface area contributed by atoms with Crippen LogP contribution in [-0.2, 0) is 30.7 Å². The number of anilines is 2. The Labute approximate surface area is 157 Å². The molecule has 0 saturated heterocycles. The Bertz CT molecular complexity index is 877. The molecule has 1 amide bonds. The number of carbonyl (C=O) groups is 1. The quantitative estimate of drug-likeness (QED) is 0.820. The summed E-state index contributed by atoms with van der Waals surface area (Å²) in [5.41, 5.74) is 4.14. The predicted octanol–water partition coefficient (Wildman–Crippen LogP) is 3.83. The lowest BCUT2D eigenvalue weighted by atomic mass is 9.98. The van der Waals surface area contributed by atoms with Gasteiger partial charge in [-0.3, -0.25) is 9.48 Å². The van der Waals surface area contributed by atoms with Gasteiger partial charge in [0.25, 0.3) is 6.43 Å². The van der Waals surface area contributed by atoms with Gasteiger partial charge in [0, 0.05) is 55.5 Å². The average Bonchev–Trinajstić information content (AvgIpc) is 3.04. The molecule has 2 aromatic rings. The first-order chi connectivity index (χ1) is 13.0.